The molecule has 2 heterocycles. The summed E-state index contributed by atoms with van der Waals surface area (Å²) in [7, 11) is 1.91. The van der Waals surface area contributed by atoms with Gasteiger partial charge in [-0.15, -0.1) is 0 Å². The van der Waals surface area contributed by atoms with Gasteiger partial charge in [0, 0.05) is 33.0 Å². The first kappa shape index (κ1) is 16.6. The molecule has 0 bridgehead atoms. The van der Waals surface area contributed by atoms with Gasteiger partial charge in [-0.3, -0.25) is 4.79 Å². The lowest BCUT2D eigenvalue weighted by molar-refractivity contribution is -0.118. The summed E-state index contributed by atoms with van der Waals surface area (Å²) in [5, 5.41) is 0. The van der Waals surface area contributed by atoms with Gasteiger partial charge in [0.15, 0.2) is 0 Å². The topological polar surface area (TPSA) is 52.2 Å². The normalized spacial score (nSPS) is 14.0. The number of amides is 1. The number of fused-ring (bicyclic) bond motifs is 2. The highest BCUT2D eigenvalue weighted by atomic mass is 19.1. The summed E-state index contributed by atoms with van der Waals surface area (Å²) >= 11 is 0. The molecule has 0 saturated carbocycles. The van der Waals surface area contributed by atoms with E-state index in [1.165, 1.54) is 12.1 Å². The molecule has 26 heavy (non-hydrogen) atoms. The number of carbonyl (C=O) groups excluding carboxylic acids is 1. The van der Waals surface area contributed by atoms with Gasteiger partial charge in [0.2, 0.25) is 5.91 Å². The maximum atomic E-state index is 13.6. The van der Waals surface area contributed by atoms with Gasteiger partial charge in [0.05, 0.1) is 22.4 Å². The molecule has 0 spiro atoms. The van der Waals surface area contributed by atoms with Crippen LogP contribution < -0.4 is 9.80 Å². The number of hydrogen-bond acceptors (Lipinski definition) is 3. The van der Waals surface area contributed by atoms with E-state index in [1.54, 1.807) is 11.0 Å². The van der Waals surface area contributed by atoms with Crippen LogP contribution in [0.2, 0.25) is 0 Å². The molecule has 0 atom stereocenters. The van der Waals surface area contributed by atoms with Crippen molar-refractivity contribution in [2.45, 2.75) is 19.8 Å². The quantitative estimate of drug-likeness (QED) is 0.786. The third kappa shape index (κ3) is 2.92. The monoisotopic (exact) mass is 352 g/mol. The molecule has 3 aromatic rings. The molecular formula is C20H21FN4O. The van der Waals surface area contributed by atoms with Crippen LogP contribution in [0.1, 0.15) is 17.8 Å². The van der Waals surface area contributed by atoms with Crippen molar-refractivity contribution in [3.05, 3.63) is 53.6 Å². The number of aromatic nitrogens is 2. The smallest absolute Gasteiger partial charge is 0.227 e. The van der Waals surface area contributed by atoms with Crippen LogP contribution in [0.3, 0.4) is 0 Å². The second-order valence-corrected chi connectivity index (χ2v) is 6.75. The molecule has 1 aliphatic rings. The van der Waals surface area contributed by atoms with E-state index in [9.17, 15) is 9.18 Å². The molecule has 0 aliphatic carbocycles. The van der Waals surface area contributed by atoms with E-state index < -0.39 is 0 Å². The number of carbonyl (C=O) groups is 1. The number of rotatable bonds is 3. The first-order valence-electron chi connectivity index (χ1n) is 8.78. The number of benzene rings is 2. The van der Waals surface area contributed by atoms with Crippen LogP contribution in [0, 0.1) is 12.7 Å². The van der Waals surface area contributed by atoms with Crippen molar-refractivity contribution in [2.24, 2.45) is 0 Å². The van der Waals surface area contributed by atoms with Crippen LogP contribution in [0.25, 0.3) is 11.0 Å². The van der Waals surface area contributed by atoms with Gasteiger partial charge in [-0.2, -0.15) is 0 Å². The third-order valence-electron chi connectivity index (χ3n) is 4.94. The number of H-pyrrole nitrogens is 1. The van der Waals surface area contributed by atoms with Gasteiger partial charge in [-0.05, 0) is 36.8 Å². The third-order valence-corrected chi connectivity index (χ3v) is 4.94. The van der Waals surface area contributed by atoms with Crippen molar-refractivity contribution in [1.82, 2.24) is 9.97 Å². The second-order valence-electron chi connectivity index (χ2n) is 6.75. The van der Waals surface area contributed by atoms with E-state index in [0.717, 1.165) is 33.8 Å². The first-order valence-corrected chi connectivity index (χ1v) is 8.78. The Kier molecular flexibility index (Phi) is 4.11. The van der Waals surface area contributed by atoms with Crippen molar-refractivity contribution in [2.75, 3.05) is 29.9 Å². The molecule has 0 unspecified atom stereocenters. The number of likely N-dealkylation sites (N-methyl/N-ethyl adjacent to an activating group) is 1. The second kappa shape index (κ2) is 6.44. The number of aryl methyl sites for hydroxylation is 2. The van der Waals surface area contributed by atoms with Crippen molar-refractivity contribution in [3.63, 3.8) is 0 Å². The number of imidazole rings is 1. The fraction of sp³-hybridized carbons (Fsp3) is 0.300. The molecule has 0 saturated heterocycles. The van der Waals surface area contributed by atoms with Crippen LogP contribution in [0.15, 0.2) is 36.4 Å². The number of nitrogens with one attached hydrogen (secondary N) is 1. The number of aromatic amines is 1. The summed E-state index contributed by atoms with van der Waals surface area (Å²) in [4.78, 5) is 24.4. The zero-order valence-electron chi connectivity index (χ0n) is 14.9. The summed E-state index contributed by atoms with van der Waals surface area (Å²) in [6.45, 7) is 3.32. The number of halogens is 1. The Hall–Kier alpha value is -2.89. The highest BCUT2D eigenvalue weighted by Crippen LogP contribution is 2.33. The van der Waals surface area contributed by atoms with E-state index in [0.29, 0.717) is 25.9 Å². The Balaban J connectivity index is 1.52. The maximum absolute atomic E-state index is 13.6. The lowest BCUT2D eigenvalue weighted by Gasteiger charge is -2.35. The lowest BCUT2D eigenvalue weighted by Crippen LogP contribution is -2.42. The first-order chi connectivity index (χ1) is 12.5. The Morgan fingerprint density at radius 3 is 2.88 bits per heavy atom. The minimum atomic E-state index is -0.289. The molecule has 0 radical (unpaired) electrons. The highest BCUT2D eigenvalue weighted by molar-refractivity contribution is 5.98. The Labute approximate surface area is 151 Å². The van der Waals surface area contributed by atoms with Gasteiger partial charge in [0.1, 0.15) is 11.6 Å². The predicted molar refractivity (Wildman–Crippen MR) is 101 cm³/mol. The summed E-state index contributed by atoms with van der Waals surface area (Å²) in [6.07, 6.45) is 0.912. The molecule has 4 rings (SSSR count). The van der Waals surface area contributed by atoms with Crippen molar-refractivity contribution in [1.29, 1.82) is 0 Å². The molecule has 6 heteroatoms. The number of anilines is 2. The maximum Gasteiger partial charge on any atom is 0.227 e. The zero-order valence-corrected chi connectivity index (χ0v) is 14.9. The van der Waals surface area contributed by atoms with Crippen molar-refractivity contribution in [3.8, 4) is 0 Å². The van der Waals surface area contributed by atoms with E-state index in [1.807, 2.05) is 37.1 Å². The molecular weight excluding hydrogens is 331 g/mol. The van der Waals surface area contributed by atoms with E-state index in [-0.39, 0.29) is 11.7 Å². The number of nitrogens with zero attached hydrogens (tertiary/aromatic N) is 3. The SMILES string of the molecule is Cc1cccc2[nH]c(CCC(=O)N3CCN(C)c4cc(F)ccc43)nc12. The summed E-state index contributed by atoms with van der Waals surface area (Å²) in [5.74, 6) is 0.557. The fourth-order valence-electron chi connectivity index (χ4n) is 3.49. The van der Waals surface area contributed by atoms with Crippen LogP contribution in [-0.2, 0) is 11.2 Å². The average Bonchev–Trinajstić information content (AvgIpc) is 3.05. The molecule has 1 aromatic heterocycles. The van der Waals surface area contributed by atoms with Gasteiger partial charge >= 0.3 is 0 Å². The largest absolute Gasteiger partial charge is 0.371 e. The van der Waals surface area contributed by atoms with E-state index >= 15 is 0 Å². The van der Waals surface area contributed by atoms with Crippen molar-refractivity contribution >= 4 is 28.3 Å². The standard InChI is InChI=1S/C20H21FN4O/c1-13-4-3-5-15-20(13)23-18(22-15)8-9-19(26)25-11-10-24(2)17-12-14(21)6-7-16(17)25/h3-7,12H,8-11H2,1-2H3,(H,22,23). The van der Waals surface area contributed by atoms with E-state index in [4.69, 9.17) is 0 Å². The van der Waals surface area contributed by atoms with Gasteiger partial charge in [0.25, 0.3) is 0 Å². The Morgan fingerprint density at radius 2 is 2.08 bits per heavy atom. The molecule has 2 aromatic carbocycles. The average molecular weight is 352 g/mol. The highest BCUT2D eigenvalue weighted by Gasteiger charge is 2.25. The molecule has 5 nitrogen and oxygen atoms in total. The fourth-order valence-corrected chi connectivity index (χ4v) is 3.49. The molecule has 1 N–H and O–H groups in total. The van der Waals surface area contributed by atoms with Gasteiger partial charge < -0.3 is 14.8 Å². The zero-order chi connectivity index (χ0) is 18.3. The number of hydrogen-bond donors (Lipinski definition) is 1. The lowest BCUT2D eigenvalue weighted by atomic mass is 10.1. The Bertz CT molecular complexity index is 981. The van der Waals surface area contributed by atoms with Crippen molar-refractivity contribution < 1.29 is 9.18 Å². The molecule has 134 valence electrons. The molecule has 0 fully saturated rings. The Morgan fingerprint density at radius 1 is 1.23 bits per heavy atom. The summed E-state index contributed by atoms with van der Waals surface area (Å²) < 4.78 is 13.6. The van der Waals surface area contributed by atoms with E-state index in [2.05, 4.69) is 9.97 Å². The predicted octanol–water partition coefficient (Wildman–Crippen LogP) is 3.43. The van der Waals surface area contributed by atoms with Gasteiger partial charge in [-0.25, -0.2) is 9.37 Å². The van der Waals surface area contributed by atoms with Crippen LogP contribution in [0.4, 0.5) is 15.8 Å². The minimum absolute atomic E-state index is 0.0307. The number of para-hydroxylation sites is 1. The van der Waals surface area contributed by atoms with Gasteiger partial charge in [-0.1, -0.05) is 12.1 Å². The van der Waals surface area contributed by atoms with Crippen LogP contribution in [0.5, 0.6) is 0 Å². The summed E-state index contributed by atoms with van der Waals surface area (Å²) in [6, 6.07) is 10.6. The molecule has 1 aliphatic heterocycles. The summed E-state index contributed by atoms with van der Waals surface area (Å²) in [5.41, 5.74) is 4.59. The molecule has 1 amide bonds. The minimum Gasteiger partial charge on any atom is -0.371 e. The van der Waals surface area contributed by atoms with Crippen LogP contribution >= 0.6 is 0 Å². The van der Waals surface area contributed by atoms with Crippen LogP contribution in [-0.4, -0.2) is 36.0 Å².